The van der Waals surface area contributed by atoms with Crippen molar-refractivity contribution in [1.29, 1.82) is 0 Å². The first-order valence-electron chi connectivity index (χ1n) is 12.0. The quantitative estimate of drug-likeness (QED) is 0.491. The van der Waals surface area contributed by atoms with E-state index in [1.54, 1.807) is 6.92 Å². The Balaban J connectivity index is 1.84. The van der Waals surface area contributed by atoms with E-state index in [0.29, 0.717) is 11.3 Å². The Hall–Kier alpha value is -3.32. The molecule has 2 aliphatic heterocycles. The number of nitrogens with one attached hydrogen (secondary N) is 1. The molecule has 35 heavy (non-hydrogen) atoms. The molecule has 0 unspecified atom stereocenters. The summed E-state index contributed by atoms with van der Waals surface area (Å²) in [5.74, 6) is -0.452. The summed E-state index contributed by atoms with van der Waals surface area (Å²) in [5, 5.41) is 5.76. The number of benzene rings is 2. The number of amides is 1. The van der Waals surface area contributed by atoms with Gasteiger partial charge in [-0.1, -0.05) is 78.8 Å². The highest BCUT2D eigenvalue weighted by molar-refractivity contribution is 8.16. The zero-order chi connectivity index (χ0) is 24.9. The van der Waals surface area contributed by atoms with Gasteiger partial charge >= 0.3 is 5.97 Å². The Labute approximate surface area is 211 Å². The highest BCUT2D eigenvalue weighted by Crippen LogP contribution is 2.47. The van der Waals surface area contributed by atoms with Gasteiger partial charge in [0.15, 0.2) is 5.17 Å². The standard InChI is InChI=1S/C28H31N3O3S/c1-5-19(4)29-23(32)16-22-17-35-28-30-25(20-12-8-7-9-13-20)24(27(33)34-6-2)26(31(22)28)21-14-10-11-18(3)15-21/h7-15,17,19,26H,5-6,16H2,1-4H3,(H,29,32)/t19-,26+/m1/s1. The van der Waals surface area contributed by atoms with E-state index in [0.717, 1.165) is 34.0 Å². The first-order valence-corrected chi connectivity index (χ1v) is 12.9. The van der Waals surface area contributed by atoms with Gasteiger partial charge in [0, 0.05) is 17.3 Å². The molecule has 6 nitrogen and oxygen atoms in total. The minimum Gasteiger partial charge on any atom is -0.463 e. The lowest BCUT2D eigenvalue weighted by atomic mass is 9.90. The van der Waals surface area contributed by atoms with Gasteiger partial charge in [0.2, 0.25) is 5.91 Å². The third-order valence-electron chi connectivity index (χ3n) is 6.07. The molecular weight excluding hydrogens is 458 g/mol. The summed E-state index contributed by atoms with van der Waals surface area (Å²) in [5.41, 5.74) is 4.78. The molecule has 0 radical (unpaired) electrons. The van der Waals surface area contributed by atoms with Crippen LogP contribution in [0.3, 0.4) is 0 Å². The number of carbonyl (C=O) groups excluding carboxylic acids is 2. The smallest absolute Gasteiger partial charge is 0.338 e. The van der Waals surface area contributed by atoms with E-state index in [-0.39, 0.29) is 25.0 Å². The molecule has 0 aromatic heterocycles. The van der Waals surface area contributed by atoms with Gasteiger partial charge in [-0.2, -0.15) is 0 Å². The number of hydrogen-bond donors (Lipinski definition) is 1. The van der Waals surface area contributed by atoms with Gasteiger partial charge in [0.1, 0.15) is 0 Å². The zero-order valence-electron chi connectivity index (χ0n) is 20.6. The normalized spacial score (nSPS) is 17.9. The van der Waals surface area contributed by atoms with Gasteiger partial charge in [0.05, 0.1) is 30.3 Å². The predicted octanol–water partition coefficient (Wildman–Crippen LogP) is 5.58. The van der Waals surface area contributed by atoms with E-state index in [2.05, 4.69) is 11.4 Å². The van der Waals surface area contributed by atoms with E-state index in [1.165, 1.54) is 11.8 Å². The average molecular weight is 490 g/mol. The van der Waals surface area contributed by atoms with Crippen molar-refractivity contribution in [3.05, 3.63) is 88.0 Å². The number of amidine groups is 1. The number of carbonyl (C=O) groups is 2. The summed E-state index contributed by atoms with van der Waals surface area (Å²) in [6, 6.07) is 17.5. The number of nitrogens with zero attached hydrogens (tertiary/aromatic N) is 2. The van der Waals surface area contributed by atoms with E-state index < -0.39 is 12.0 Å². The topological polar surface area (TPSA) is 71.0 Å². The SMILES string of the molecule is CCOC(=O)C1=C(c2ccccc2)N=C2SC=C(CC(=O)N[C@H](C)CC)N2[C@H]1c1cccc(C)c1. The number of thioether (sulfide) groups is 1. The summed E-state index contributed by atoms with van der Waals surface area (Å²) in [6.07, 6.45) is 1.06. The molecule has 4 rings (SSSR count). The highest BCUT2D eigenvalue weighted by Gasteiger charge is 2.42. The lowest BCUT2D eigenvalue weighted by molar-refractivity contribution is -0.139. The first kappa shape index (κ1) is 24.8. The van der Waals surface area contributed by atoms with Crippen LogP contribution in [-0.2, 0) is 14.3 Å². The van der Waals surface area contributed by atoms with Gasteiger partial charge in [-0.15, -0.1) is 0 Å². The van der Waals surface area contributed by atoms with Gasteiger partial charge in [-0.05, 0) is 38.2 Å². The molecule has 2 aliphatic rings. The van der Waals surface area contributed by atoms with Crippen LogP contribution in [0, 0.1) is 6.92 Å². The van der Waals surface area contributed by atoms with Crippen LogP contribution in [0.25, 0.3) is 5.70 Å². The van der Waals surface area contributed by atoms with Crippen LogP contribution >= 0.6 is 11.8 Å². The van der Waals surface area contributed by atoms with Crippen LogP contribution in [0.4, 0.5) is 0 Å². The number of rotatable bonds is 8. The van der Waals surface area contributed by atoms with Gasteiger partial charge in [0.25, 0.3) is 0 Å². The molecule has 1 amide bonds. The van der Waals surface area contributed by atoms with Crippen molar-refractivity contribution in [3.63, 3.8) is 0 Å². The predicted molar refractivity (Wildman–Crippen MR) is 141 cm³/mol. The van der Waals surface area contributed by atoms with E-state index in [1.807, 2.05) is 79.6 Å². The van der Waals surface area contributed by atoms with Crippen LogP contribution in [0.1, 0.15) is 56.3 Å². The van der Waals surface area contributed by atoms with Crippen LogP contribution in [0.5, 0.6) is 0 Å². The summed E-state index contributed by atoms with van der Waals surface area (Å²) in [6.45, 7) is 8.13. The maximum Gasteiger partial charge on any atom is 0.338 e. The van der Waals surface area contributed by atoms with Crippen LogP contribution in [-0.4, -0.2) is 34.6 Å². The maximum absolute atomic E-state index is 13.5. The van der Waals surface area contributed by atoms with E-state index >= 15 is 0 Å². The molecule has 2 aromatic carbocycles. The van der Waals surface area contributed by atoms with Crippen molar-refractivity contribution in [2.24, 2.45) is 4.99 Å². The molecule has 7 heteroatoms. The maximum atomic E-state index is 13.5. The third-order valence-corrected chi connectivity index (χ3v) is 6.96. The molecule has 182 valence electrons. The number of aliphatic imine (C=N–C) groups is 1. The molecule has 2 atom stereocenters. The van der Waals surface area contributed by atoms with Crippen molar-refractivity contribution < 1.29 is 14.3 Å². The fourth-order valence-corrected chi connectivity index (χ4v) is 5.16. The number of aryl methyl sites for hydroxylation is 1. The van der Waals surface area contributed by atoms with Crippen LogP contribution < -0.4 is 5.32 Å². The Morgan fingerprint density at radius 3 is 2.60 bits per heavy atom. The van der Waals surface area contributed by atoms with Gasteiger partial charge in [-0.25, -0.2) is 9.79 Å². The number of hydrogen-bond acceptors (Lipinski definition) is 6. The van der Waals surface area contributed by atoms with Crippen molar-refractivity contribution in [2.75, 3.05) is 6.61 Å². The Bertz CT molecular complexity index is 1200. The van der Waals surface area contributed by atoms with Gasteiger partial charge < -0.3 is 15.0 Å². The number of esters is 1. The number of ether oxygens (including phenoxy) is 1. The van der Waals surface area contributed by atoms with Crippen molar-refractivity contribution >= 4 is 34.5 Å². The lowest BCUT2D eigenvalue weighted by Crippen LogP contribution is -2.39. The van der Waals surface area contributed by atoms with Crippen LogP contribution in [0.15, 0.2) is 76.3 Å². The molecule has 0 saturated heterocycles. The van der Waals surface area contributed by atoms with Gasteiger partial charge in [-0.3, -0.25) is 4.79 Å². The molecule has 0 bridgehead atoms. The van der Waals surface area contributed by atoms with Crippen molar-refractivity contribution in [3.8, 4) is 0 Å². The summed E-state index contributed by atoms with van der Waals surface area (Å²) < 4.78 is 5.55. The summed E-state index contributed by atoms with van der Waals surface area (Å²) in [7, 11) is 0. The minimum absolute atomic E-state index is 0.0500. The molecule has 1 N–H and O–H groups in total. The summed E-state index contributed by atoms with van der Waals surface area (Å²) in [4.78, 5) is 33.2. The molecule has 0 fully saturated rings. The molecule has 0 aliphatic carbocycles. The average Bonchev–Trinajstić information content (AvgIpc) is 3.25. The first-order chi connectivity index (χ1) is 16.9. The second-order valence-electron chi connectivity index (χ2n) is 8.71. The Morgan fingerprint density at radius 1 is 1.14 bits per heavy atom. The Morgan fingerprint density at radius 2 is 1.91 bits per heavy atom. The molecular formula is C28H31N3O3S. The van der Waals surface area contributed by atoms with Crippen molar-refractivity contribution in [2.45, 2.75) is 52.6 Å². The second kappa shape index (κ2) is 11.0. The molecule has 0 saturated carbocycles. The molecule has 2 heterocycles. The summed E-state index contributed by atoms with van der Waals surface area (Å²) >= 11 is 1.48. The zero-order valence-corrected chi connectivity index (χ0v) is 21.4. The molecule has 2 aromatic rings. The highest BCUT2D eigenvalue weighted by atomic mass is 32.2. The lowest BCUT2D eigenvalue weighted by Gasteiger charge is -2.37. The van der Waals surface area contributed by atoms with Crippen molar-refractivity contribution in [1.82, 2.24) is 10.2 Å². The largest absolute Gasteiger partial charge is 0.463 e. The number of fused-ring (bicyclic) bond motifs is 1. The van der Waals surface area contributed by atoms with E-state index in [9.17, 15) is 9.59 Å². The molecule has 0 spiro atoms. The monoisotopic (exact) mass is 489 g/mol. The van der Waals surface area contributed by atoms with E-state index in [4.69, 9.17) is 9.73 Å². The Kier molecular flexibility index (Phi) is 7.76. The minimum atomic E-state index is -0.464. The fourth-order valence-electron chi connectivity index (χ4n) is 4.24. The second-order valence-corrected chi connectivity index (χ2v) is 9.55. The fraction of sp³-hybridized carbons (Fsp3) is 0.321. The van der Waals surface area contributed by atoms with Crippen LogP contribution in [0.2, 0.25) is 0 Å². The third kappa shape index (κ3) is 5.35.